The minimum Gasteiger partial charge on any atom is -0.295 e. The van der Waals surface area contributed by atoms with Gasteiger partial charge in [0.25, 0.3) is 0 Å². The van der Waals surface area contributed by atoms with Crippen molar-refractivity contribution in [3.63, 3.8) is 0 Å². The number of Topliss-reactive ketones (excluding diaryl/α,β-unsaturated/α-hetero) is 1. The van der Waals surface area contributed by atoms with E-state index in [1.807, 2.05) is 0 Å². The molecule has 60 valence electrons. The van der Waals surface area contributed by atoms with Gasteiger partial charge in [0.2, 0.25) is 0 Å². The molecule has 2 aromatic rings. The third-order valence-electron chi connectivity index (χ3n) is 1.71. The fraction of sp³-hybridized carbons (Fsp3) is 0.125. The summed E-state index contributed by atoms with van der Waals surface area (Å²) < 4.78 is 1.76. The summed E-state index contributed by atoms with van der Waals surface area (Å²) in [5, 5.41) is 7.53. The molecule has 0 aliphatic rings. The highest BCUT2D eigenvalue weighted by atomic mass is 16.1. The number of fused-ring (bicyclic) bond motifs is 1. The molecule has 4 nitrogen and oxygen atoms in total. The van der Waals surface area contributed by atoms with E-state index in [4.69, 9.17) is 0 Å². The minimum absolute atomic E-state index is 0.0421. The summed E-state index contributed by atoms with van der Waals surface area (Å²) in [5.41, 5.74) is 1.36. The first-order valence-electron chi connectivity index (χ1n) is 3.58. The second kappa shape index (κ2) is 2.41. The number of hydrogen-bond acceptors (Lipinski definition) is 3. The Morgan fingerprint density at radius 2 is 2.42 bits per heavy atom. The average Bonchev–Trinajstić information content (AvgIpc) is 2.49. The Labute approximate surface area is 68.8 Å². The molecule has 0 saturated carbocycles. The van der Waals surface area contributed by atoms with Crippen LogP contribution in [0.4, 0.5) is 0 Å². The molecule has 0 unspecified atom stereocenters. The van der Waals surface area contributed by atoms with Crippen LogP contribution in [0.25, 0.3) is 5.65 Å². The number of carbonyl (C=O) groups excluding carboxylic acids is 1. The summed E-state index contributed by atoms with van der Waals surface area (Å²) >= 11 is 0. The van der Waals surface area contributed by atoms with Crippen molar-refractivity contribution in [2.75, 3.05) is 0 Å². The second-order valence-electron chi connectivity index (χ2n) is 2.57. The van der Waals surface area contributed by atoms with Gasteiger partial charge in [-0.15, -0.1) is 10.2 Å². The normalized spacial score (nSPS) is 10.4. The third kappa shape index (κ3) is 0.972. The number of carbonyl (C=O) groups is 1. The van der Waals surface area contributed by atoms with Crippen LogP contribution in [-0.2, 0) is 0 Å². The number of pyridine rings is 1. The molecule has 0 aliphatic carbocycles. The summed E-state index contributed by atoms with van der Waals surface area (Å²) in [4.78, 5) is 11.0. The summed E-state index contributed by atoms with van der Waals surface area (Å²) in [7, 11) is 0. The minimum atomic E-state index is 0.0421. The summed E-state index contributed by atoms with van der Waals surface area (Å²) in [6.07, 6.45) is 3.37. The molecule has 0 amide bonds. The first-order chi connectivity index (χ1) is 5.77. The molecule has 0 aromatic carbocycles. The molecule has 0 fully saturated rings. The van der Waals surface area contributed by atoms with Gasteiger partial charge in [-0.25, -0.2) is 0 Å². The molecule has 0 N–H and O–H groups in total. The lowest BCUT2D eigenvalue weighted by Crippen LogP contribution is -1.93. The first kappa shape index (κ1) is 6.97. The smallest absolute Gasteiger partial charge is 0.161 e. The topological polar surface area (TPSA) is 47.3 Å². The SMILES string of the molecule is CC(=O)c1ccn2cnnc2c1. The fourth-order valence-electron chi connectivity index (χ4n) is 1.04. The predicted octanol–water partition coefficient (Wildman–Crippen LogP) is 0.932. The van der Waals surface area contributed by atoms with Crippen molar-refractivity contribution in [1.29, 1.82) is 0 Å². The Morgan fingerprint density at radius 1 is 1.58 bits per heavy atom. The van der Waals surface area contributed by atoms with Crippen molar-refractivity contribution in [2.45, 2.75) is 6.92 Å². The number of nitrogens with zero attached hydrogens (tertiary/aromatic N) is 3. The number of aromatic nitrogens is 3. The first-order valence-corrected chi connectivity index (χ1v) is 3.58. The van der Waals surface area contributed by atoms with Gasteiger partial charge in [-0.1, -0.05) is 0 Å². The van der Waals surface area contributed by atoms with Crippen LogP contribution < -0.4 is 0 Å². The maximum Gasteiger partial charge on any atom is 0.161 e. The molecule has 12 heavy (non-hydrogen) atoms. The zero-order valence-electron chi connectivity index (χ0n) is 6.56. The molecule has 2 rings (SSSR count). The molecule has 0 radical (unpaired) electrons. The Morgan fingerprint density at radius 3 is 3.17 bits per heavy atom. The van der Waals surface area contributed by atoms with Crippen molar-refractivity contribution in [3.05, 3.63) is 30.2 Å². The van der Waals surface area contributed by atoms with E-state index in [0.29, 0.717) is 11.2 Å². The maximum atomic E-state index is 11.0. The van der Waals surface area contributed by atoms with Gasteiger partial charge < -0.3 is 0 Å². The van der Waals surface area contributed by atoms with Crippen molar-refractivity contribution < 1.29 is 4.79 Å². The van der Waals surface area contributed by atoms with Crippen molar-refractivity contribution in [3.8, 4) is 0 Å². The predicted molar refractivity (Wildman–Crippen MR) is 43.0 cm³/mol. The van der Waals surface area contributed by atoms with Crippen LogP contribution in [0.5, 0.6) is 0 Å². The Kier molecular flexibility index (Phi) is 1.40. The fourth-order valence-corrected chi connectivity index (χ4v) is 1.04. The van der Waals surface area contributed by atoms with Gasteiger partial charge in [-0.05, 0) is 19.1 Å². The Balaban J connectivity index is 2.68. The van der Waals surface area contributed by atoms with Gasteiger partial charge in [0.1, 0.15) is 6.33 Å². The van der Waals surface area contributed by atoms with Crippen molar-refractivity contribution in [1.82, 2.24) is 14.6 Å². The molecular weight excluding hydrogens is 154 g/mol. The highest BCUT2D eigenvalue weighted by Crippen LogP contribution is 2.04. The zero-order chi connectivity index (χ0) is 8.55. The molecule has 0 spiro atoms. The van der Waals surface area contributed by atoms with Crippen LogP contribution in [0.2, 0.25) is 0 Å². The zero-order valence-corrected chi connectivity index (χ0v) is 6.56. The van der Waals surface area contributed by atoms with Gasteiger partial charge >= 0.3 is 0 Å². The average molecular weight is 161 g/mol. The molecule has 2 heterocycles. The molecule has 0 bridgehead atoms. The highest BCUT2D eigenvalue weighted by molar-refractivity contribution is 5.94. The molecule has 0 aliphatic heterocycles. The van der Waals surface area contributed by atoms with E-state index in [1.54, 1.807) is 29.1 Å². The van der Waals surface area contributed by atoms with Crippen LogP contribution in [0, 0.1) is 0 Å². The van der Waals surface area contributed by atoms with Gasteiger partial charge in [0.15, 0.2) is 11.4 Å². The summed E-state index contributed by atoms with van der Waals surface area (Å²) in [6, 6.07) is 3.47. The lowest BCUT2D eigenvalue weighted by Gasteiger charge is -1.94. The van der Waals surface area contributed by atoms with Crippen LogP contribution in [0.3, 0.4) is 0 Å². The number of hydrogen-bond donors (Lipinski definition) is 0. The van der Waals surface area contributed by atoms with Crippen LogP contribution in [0.1, 0.15) is 17.3 Å². The third-order valence-corrected chi connectivity index (χ3v) is 1.71. The lowest BCUT2D eigenvalue weighted by molar-refractivity contribution is 0.101. The second-order valence-corrected chi connectivity index (χ2v) is 2.57. The molecular formula is C8H7N3O. The maximum absolute atomic E-state index is 11.0. The van der Waals surface area contributed by atoms with E-state index < -0.39 is 0 Å². The van der Waals surface area contributed by atoms with E-state index in [0.717, 1.165) is 0 Å². The van der Waals surface area contributed by atoms with Gasteiger partial charge in [-0.3, -0.25) is 9.20 Å². The van der Waals surface area contributed by atoms with Crippen molar-refractivity contribution >= 4 is 11.4 Å². The quantitative estimate of drug-likeness (QED) is 0.584. The monoisotopic (exact) mass is 161 g/mol. The molecule has 0 atom stereocenters. The van der Waals surface area contributed by atoms with Crippen LogP contribution >= 0.6 is 0 Å². The lowest BCUT2D eigenvalue weighted by atomic mass is 10.2. The standard InChI is InChI=1S/C8H7N3O/c1-6(12)7-2-3-11-5-9-10-8(11)4-7/h2-5H,1H3. The highest BCUT2D eigenvalue weighted by Gasteiger charge is 2.00. The van der Waals surface area contributed by atoms with Crippen LogP contribution in [-0.4, -0.2) is 20.4 Å². The van der Waals surface area contributed by atoms with Gasteiger partial charge in [0, 0.05) is 11.8 Å². The van der Waals surface area contributed by atoms with E-state index in [2.05, 4.69) is 10.2 Å². The van der Waals surface area contributed by atoms with Gasteiger partial charge in [-0.2, -0.15) is 0 Å². The van der Waals surface area contributed by atoms with Crippen molar-refractivity contribution in [2.24, 2.45) is 0 Å². The molecule has 0 saturated heterocycles. The molecule has 2 aromatic heterocycles. The van der Waals surface area contributed by atoms with E-state index in [-0.39, 0.29) is 5.78 Å². The Hall–Kier alpha value is -1.71. The largest absolute Gasteiger partial charge is 0.295 e. The van der Waals surface area contributed by atoms with Crippen LogP contribution in [0.15, 0.2) is 24.7 Å². The van der Waals surface area contributed by atoms with E-state index >= 15 is 0 Å². The van der Waals surface area contributed by atoms with E-state index in [1.165, 1.54) is 6.92 Å². The summed E-state index contributed by atoms with van der Waals surface area (Å²) in [6.45, 7) is 1.53. The number of ketones is 1. The Bertz CT molecular complexity index is 433. The van der Waals surface area contributed by atoms with Gasteiger partial charge in [0.05, 0.1) is 0 Å². The summed E-state index contributed by atoms with van der Waals surface area (Å²) in [5.74, 6) is 0.0421. The number of rotatable bonds is 1. The van der Waals surface area contributed by atoms with E-state index in [9.17, 15) is 4.79 Å². The molecule has 4 heteroatoms.